The second-order valence-corrected chi connectivity index (χ2v) is 2.62. The zero-order valence-corrected chi connectivity index (χ0v) is 8.59. The first kappa shape index (κ1) is 18.8. The molecule has 0 spiro atoms. The Balaban J connectivity index is -0.000000159. The zero-order chi connectivity index (χ0) is 9.07. The van der Waals surface area contributed by atoms with Crippen molar-refractivity contribution in [2.24, 2.45) is 0 Å². The molecule has 1 rings (SSSR count). The maximum absolute atomic E-state index is 2.92. The largest absolute Gasteiger partial charge is 0.412 e. The predicted octanol–water partition coefficient (Wildman–Crippen LogP) is 1.36. The minimum Gasteiger partial charge on any atom is -0.412 e. The first-order valence-corrected chi connectivity index (χ1v) is 4.66. The van der Waals surface area contributed by atoms with Gasteiger partial charge in [-0.05, 0) is 12.2 Å². The van der Waals surface area contributed by atoms with Crippen LogP contribution < -0.4 is 5.32 Å². The Morgan fingerprint density at radius 1 is 0.857 bits per heavy atom. The summed E-state index contributed by atoms with van der Waals surface area (Å²) >= 11 is 0. The molecule has 0 saturated carbocycles. The molecule has 0 fully saturated rings. The molecule has 3 N–H and O–H groups in total. The molecule has 0 aromatic rings. The monoisotopic (exact) mass is 197 g/mol. The highest BCUT2D eigenvalue weighted by Gasteiger charge is 1.68. The Bertz CT molecular complexity index is 149. The summed E-state index contributed by atoms with van der Waals surface area (Å²) in [5, 5.41) is 2.92. The Morgan fingerprint density at radius 2 is 1.29 bits per heavy atom. The van der Waals surface area contributed by atoms with E-state index in [2.05, 4.69) is 19.2 Å². The third kappa shape index (κ3) is 17.2. The van der Waals surface area contributed by atoms with Crippen molar-refractivity contribution < 1.29 is 5.48 Å². The van der Waals surface area contributed by atoms with Crippen molar-refractivity contribution in [1.29, 1.82) is 0 Å². The van der Waals surface area contributed by atoms with Crippen LogP contribution in [0.3, 0.4) is 0 Å². The normalized spacial score (nSPS) is 11.0. The maximum atomic E-state index is 2.92. The quantitative estimate of drug-likeness (QED) is 0.667. The lowest BCUT2D eigenvalue weighted by molar-refractivity contribution is 0.772. The molecule has 0 aromatic carbocycles. The molecule has 3 heteroatoms. The van der Waals surface area contributed by atoms with Gasteiger partial charge in [0, 0.05) is 12.4 Å². The van der Waals surface area contributed by atoms with E-state index in [-0.39, 0.29) is 13.9 Å². The Hall–Kier alpha value is -0.955. The molecule has 2 nitrogen and oxygen atoms in total. The molecule has 14 heavy (non-hydrogen) atoms. The van der Waals surface area contributed by atoms with Gasteiger partial charge in [0.2, 0.25) is 0 Å². The van der Waals surface area contributed by atoms with Crippen molar-refractivity contribution in [3.8, 4) is 0 Å². The Morgan fingerprint density at radius 3 is 1.57 bits per heavy atom. The van der Waals surface area contributed by atoms with Gasteiger partial charge >= 0.3 is 0 Å². The summed E-state index contributed by atoms with van der Waals surface area (Å²) in [7, 11) is 0. The summed E-state index contributed by atoms with van der Waals surface area (Å²) in [5.41, 5.74) is 0. The number of nitrogens with one attached hydrogen (secondary N) is 1. The Kier molecular flexibility index (Phi) is 24.1. The fourth-order valence-electron chi connectivity index (χ4n) is 0.760. The van der Waals surface area contributed by atoms with E-state index in [0.29, 0.717) is 0 Å². The highest BCUT2D eigenvalue weighted by molar-refractivity contribution is 5.75. The molecule has 1 heterocycles. The zero-order valence-electron chi connectivity index (χ0n) is 8.59. The molecule has 0 aliphatic carbocycles. The van der Waals surface area contributed by atoms with Crippen LogP contribution in [0, 0.1) is 0 Å². The lowest BCUT2D eigenvalue weighted by Gasteiger charge is -1.79. The predicted molar refractivity (Wildman–Crippen MR) is 69.3 cm³/mol. The van der Waals surface area contributed by atoms with E-state index in [0.717, 1.165) is 0 Å². The topological polar surface area (TPSA) is 43.5 Å². The lowest BCUT2D eigenvalue weighted by atomic mass is 10.3. The summed E-state index contributed by atoms with van der Waals surface area (Å²) < 4.78 is 0. The Labute approximate surface area is 89.7 Å². The van der Waals surface area contributed by atoms with Crippen molar-refractivity contribution in [2.75, 3.05) is 0 Å². The van der Waals surface area contributed by atoms with Crippen LogP contribution in [0.4, 0.5) is 0 Å². The van der Waals surface area contributed by atoms with Crippen molar-refractivity contribution in [1.82, 2.24) is 5.32 Å². The first-order valence-electron chi connectivity index (χ1n) is 4.66. The van der Waals surface area contributed by atoms with Crippen molar-refractivity contribution in [3.63, 3.8) is 0 Å². The van der Waals surface area contributed by atoms with Crippen LogP contribution >= 0.6 is 0 Å². The van der Waals surface area contributed by atoms with Crippen LogP contribution in [0.1, 0.15) is 33.1 Å². The molecule has 0 amide bonds. The van der Waals surface area contributed by atoms with Crippen LogP contribution in [0.5, 0.6) is 0 Å². The highest BCUT2D eigenvalue weighted by Crippen LogP contribution is 1.88. The van der Waals surface area contributed by atoms with Crippen molar-refractivity contribution in [3.05, 3.63) is 36.7 Å². The second-order valence-electron chi connectivity index (χ2n) is 2.62. The van der Waals surface area contributed by atoms with Gasteiger partial charge in [0.15, 0.2) is 0 Å². The highest BCUT2D eigenvalue weighted by atomic mass is 16.0. The number of allylic oxidation sites excluding steroid dienone is 4. The molecule has 0 radical (unpaired) electrons. The molecule has 0 aromatic heterocycles. The van der Waals surface area contributed by atoms with Gasteiger partial charge in [-0.3, -0.25) is 0 Å². The van der Waals surface area contributed by atoms with Gasteiger partial charge in [0.25, 0.3) is 0 Å². The maximum Gasteiger partial charge on any atom is 0.0814 e. The van der Waals surface area contributed by atoms with Crippen LogP contribution in [-0.2, 0) is 0 Å². The molecule has 0 unspecified atom stereocenters. The average molecular weight is 197 g/mol. The van der Waals surface area contributed by atoms with Crippen LogP contribution in [0.25, 0.3) is 0 Å². The smallest absolute Gasteiger partial charge is 0.0814 e. The van der Waals surface area contributed by atoms with Crippen molar-refractivity contribution in [2.45, 2.75) is 33.1 Å². The third-order valence-electron chi connectivity index (χ3n) is 1.43. The van der Waals surface area contributed by atoms with Crippen LogP contribution in [0.2, 0.25) is 0 Å². The van der Waals surface area contributed by atoms with E-state index < -0.39 is 0 Å². The fourth-order valence-corrected chi connectivity index (χ4v) is 0.760. The molecule has 1 aliphatic heterocycles. The molecule has 0 saturated heterocycles. The van der Waals surface area contributed by atoms with E-state index in [4.69, 9.17) is 0 Å². The fraction of sp³-hybridized carbons (Fsp3) is 0.455. The number of rotatable bonds is 2. The van der Waals surface area contributed by atoms with E-state index in [1.54, 1.807) is 0 Å². The van der Waals surface area contributed by atoms with Gasteiger partial charge in [0.05, 0.1) is 8.41 Å². The van der Waals surface area contributed by atoms with Gasteiger partial charge in [-0.15, -0.1) is 0 Å². The van der Waals surface area contributed by atoms with E-state index >= 15 is 0 Å². The van der Waals surface area contributed by atoms with Gasteiger partial charge in [-0.1, -0.05) is 45.3 Å². The molecule has 0 atom stereocenters. The van der Waals surface area contributed by atoms with Gasteiger partial charge in [-0.25, -0.2) is 0 Å². The molecule has 82 valence electrons. The minimum atomic E-state index is 0. The number of unbranched alkanes of at least 4 members (excludes halogenated alkanes) is 2. The summed E-state index contributed by atoms with van der Waals surface area (Å²) in [5.74, 6) is 0. The van der Waals surface area contributed by atoms with E-state index in [1.807, 2.05) is 36.7 Å². The van der Waals surface area contributed by atoms with Gasteiger partial charge in [0.1, 0.15) is 0 Å². The third-order valence-corrected chi connectivity index (χ3v) is 1.43. The molecule has 1 aliphatic rings. The summed E-state index contributed by atoms with van der Waals surface area (Å²) in [6, 6.07) is 0. The number of hydrogen-bond acceptors (Lipinski definition) is 1. The minimum absolute atomic E-state index is 0. The average Bonchev–Trinajstić information content (AvgIpc) is 2.37. The lowest BCUT2D eigenvalue weighted by Crippen LogP contribution is -1.87. The SMILES string of the molecule is B.C1=CC=CNC=C1.CCCCC.O. The standard InChI is InChI=1S/C6H7N.C5H12.BH3.H2O/c1-2-4-6-7-5-3-1;1-3-5-4-2;;/h1-7H;3-5H2,1-2H3;1H3;1H2. The molecule has 0 bridgehead atoms. The van der Waals surface area contributed by atoms with E-state index in [1.165, 1.54) is 19.3 Å². The van der Waals surface area contributed by atoms with E-state index in [9.17, 15) is 0 Å². The molecular formula is C11H24BNO. The van der Waals surface area contributed by atoms with Crippen LogP contribution in [-0.4, -0.2) is 13.9 Å². The second kappa shape index (κ2) is 18.0. The summed E-state index contributed by atoms with van der Waals surface area (Å²) in [4.78, 5) is 0. The molecular weight excluding hydrogens is 173 g/mol. The summed E-state index contributed by atoms with van der Waals surface area (Å²) in [6.07, 6.45) is 15.7. The van der Waals surface area contributed by atoms with Crippen LogP contribution in [0.15, 0.2) is 36.7 Å². The number of hydrogen-bond donors (Lipinski definition) is 1. The first-order chi connectivity index (χ1) is 5.91. The summed E-state index contributed by atoms with van der Waals surface area (Å²) in [6.45, 7) is 4.42. The van der Waals surface area contributed by atoms with Gasteiger partial charge < -0.3 is 10.8 Å². The van der Waals surface area contributed by atoms with Gasteiger partial charge in [-0.2, -0.15) is 0 Å². The van der Waals surface area contributed by atoms with Crippen molar-refractivity contribution >= 4 is 8.41 Å².